The largest absolute Gasteiger partial charge is 0.369 e. The fourth-order valence-electron chi connectivity index (χ4n) is 2.76. The normalized spacial score (nSPS) is 13.5. The van der Waals surface area contributed by atoms with E-state index in [0.29, 0.717) is 32.2 Å². The molecule has 0 saturated heterocycles. The van der Waals surface area contributed by atoms with Crippen molar-refractivity contribution in [2.75, 3.05) is 23.7 Å². The molecule has 0 aliphatic carbocycles. The number of anilines is 2. The van der Waals surface area contributed by atoms with Gasteiger partial charge in [-0.15, -0.1) is 34.3 Å². The quantitative estimate of drug-likeness (QED) is 0.175. The Balaban J connectivity index is 0.000000191. The molecule has 0 amide bonds. The van der Waals surface area contributed by atoms with E-state index in [1.54, 1.807) is 22.7 Å². The molecule has 13 heteroatoms. The summed E-state index contributed by atoms with van der Waals surface area (Å²) in [5, 5.41) is 9.85. The van der Waals surface area contributed by atoms with E-state index >= 15 is 0 Å². The number of hydrogen-bond acceptors (Lipinski definition) is 10. The standard InChI is InChI=1S/C11H12ClN3OS.C10H9BrClN3OS/c1-7(16)8(12)2-4-13-11-10-9(3-5-17-10)14-6-15-11;11-10(12,5-16)2-3-13-9-8-7(1-4-17-8)14-6-15-9/h3,5-6,8H,2,4H2,1H3,(H,13,14,15);1,4-6H,2-3H2,(H,13,14,15). The fraction of sp³-hybridized carbons (Fsp3) is 0.333. The Kier molecular flexibility index (Phi) is 9.96. The summed E-state index contributed by atoms with van der Waals surface area (Å²) < 4.78 is 1.04. The number of aldehydes is 1. The number of carbonyl (C=O) groups excluding carboxylic acids is 2. The molecule has 0 saturated carbocycles. The number of nitrogens with one attached hydrogen (secondary N) is 2. The lowest BCUT2D eigenvalue weighted by molar-refractivity contribution is -0.116. The van der Waals surface area contributed by atoms with Crippen molar-refractivity contribution in [1.29, 1.82) is 0 Å². The first-order valence-corrected chi connectivity index (χ1v) is 13.5. The molecule has 0 aliphatic rings. The summed E-state index contributed by atoms with van der Waals surface area (Å²) in [5.74, 6) is 1.57. The number of alkyl halides is 3. The molecule has 0 spiro atoms. The van der Waals surface area contributed by atoms with Crippen molar-refractivity contribution in [2.24, 2.45) is 0 Å². The average molecular weight is 604 g/mol. The maximum Gasteiger partial charge on any atom is 0.156 e. The summed E-state index contributed by atoms with van der Waals surface area (Å²) in [6.07, 6.45) is 4.78. The van der Waals surface area contributed by atoms with Crippen LogP contribution < -0.4 is 10.6 Å². The van der Waals surface area contributed by atoms with Crippen molar-refractivity contribution in [1.82, 2.24) is 19.9 Å². The van der Waals surface area contributed by atoms with Gasteiger partial charge in [-0.25, -0.2) is 19.9 Å². The Hall–Kier alpha value is -1.92. The van der Waals surface area contributed by atoms with Crippen LogP contribution in [0.3, 0.4) is 0 Å². The van der Waals surface area contributed by atoms with Crippen LogP contribution in [0.15, 0.2) is 35.5 Å². The van der Waals surface area contributed by atoms with Gasteiger partial charge < -0.3 is 15.4 Å². The molecule has 0 bridgehead atoms. The van der Waals surface area contributed by atoms with Crippen molar-refractivity contribution in [3.8, 4) is 0 Å². The van der Waals surface area contributed by atoms with Crippen LogP contribution in [0.1, 0.15) is 19.8 Å². The molecule has 4 rings (SSSR count). The number of rotatable bonds is 10. The Morgan fingerprint density at radius 2 is 1.59 bits per heavy atom. The van der Waals surface area contributed by atoms with Gasteiger partial charge in [-0.05, 0) is 36.2 Å². The van der Waals surface area contributed by atoms with Gasteiger partial charge in [0.1, 0.15) is 30.1 Å². The van der Waals surface area contributed by atoms with Gasteiger partial charge in [0.2, 0.25) is 0 Å². The van der Waals surface area contributed by atoms with E-state index in [0.717, 1.165) is 32.1 Å². The highest BCUT2D eigenvalue weighted by Crippen LogP contribution is 2.27. The van der Waals surface area contributed by atoms with E-state index < -0.39 is 9.16 Å². The number of aromatic nitrogens is 4. The molecule has 2 unspecified atom stereocenters. The molecule has 8 nitrogen and oxygen atoms in total. The van der Waals surface area contributed by atoms with Gasteiger partial charge in [-0.1, -0.05) is 27.5 Å². The number of fused-ring (bicyclic) bond motifs is 2. The van der Waals surface area contributed by atoms with Crippen LogP contribution in [-0.4, -0.2) is 54.3 Å². The van der Waals surface area contributed by atoms with Crippen molar-refractivity contribution in [2.45, 2.75) is 28.9 Å². The van der Waals surface area contributed by atoms with Gasteiger partial charge >= 0.3 is 0 Å². The zero-order valence-electron chi connectivity index (χ0n) is 18.0. The van der Waals surface area contributed by atoms with Crippen LogP contribution in [0, 0.1) is 0 Å². The second kappa shape index (κ2) is 12.7. The van der Waals surface area contributed by atoms with Crippen LogP contribution in [0.25, 0.3) is 20.4 Å². The van der Waals surface area contributed by atoms with E-state index in [2.05, 4.69) is 46.5 Å². The molecule has 4 aromatic heterocycles. The molecule has 2 N–H and O–H groups in total. The summed E-state index contributed by atoms with van der Waals surface area (Å²) in [4.78, 5) is 38.2. The van der Waals surface area contributed by atoms with Gasteiger partial charge in [-0.2, -0.15) is 0 Å². The maximum absolute atomic E-state index is 11.0. The first-order valence-electron chi connectivity index (χ1n) is 10.1. The Labute approximate surface area is 222 Å². The number of hydrogen-bond donors (Lipinski definition) is 2. The minimum atomic E-state index is -0.998. The molecule has 4 aromatic rings. The molecular formula is C21H21BrCl2N6O2S2. The molecule has 0 fully saturated rings. The molecule has 4 heterocycles. The number of Topliss-reactive ketones (excluding diaryl/α,β-unsaturated/α-hetero) is 1. The molecular weight excluding hydrogens is 583 g/mol. The summed E-state index contributed by atoms with van der Waals surface area (Å²) in [7, 11) is 0. The number of nitrogens with zero attached hydrogens (tertiary/aromatic N) is 4. The molecule has 34 heavy (non-hydrogen) atoms. The monoisotopic (exact) mass is 602 g/mol. The van der Waals surface area contributed by atoms with Crippen LogP contribution in [-0.2, 0) is 9.59 Å². The van der Waals surface area contributed by atoms with Crippen molar-refractivity contribution >= 4 is 106 Å². The average Bonchev–Trinajstić information content (AvgIpc) is 3.49. The number of halogens is 3. The minimum Gasteiger partial charge on any atom is -0.369 e. The second-order valence-corrected chi connectivity index (χ2v) is 12.0. The Morgan fingerprint density at radius 3 is 2.09 bits per heavy atom. The van der Waals surface area contributed by atoms with Crippen LogP contribution in [0.2, 0.25) is 0 Å². The van der Waals surface area contributed by atoms with Crippen molar-refractivity contribution in [3.05, 3.63) is 35.5 Å². The van der Waals surface area contributed by atoms with Gasteiger partial charge in [-0.3, -0.25) is 4.79 Å². The Morgan fingerprint density at radius 1 is 1.06 bits per heavy atom. The van der Waals surface area contributed by atoms with Gasteiger partial charge in [0.05, 0.1) is 25.8 Å². The molecule has 180 valence electrons. The third-order valence-corrected chi connectivity index (χ3v) is 7.75. The Bertz CT molecular complexity index is 1250. The fourth-order valence-corrected chi connectivity index (χ4v) is 4.78. The summed E-state index contributed by atoms with van der Waals surface area (Å²) in [6, 6.07) is 3.89. The van der Waals surface area contributed by atoms with Gasteiger partial charge in [0.25, 0.3) is 0 Å². The van der Waals surface area contributed by atoms with Crippen LogP contribution in [0.4, 0.5) is 11.6 Å². The minimum absolute atomic E-state index is 0.00238. The summed E-state index contributed by atoms with van der Waals surface area (Å²) >= 11 is 18.0. The maximum atomic E-state index is 11.0. The first-order chi connectivity index (χ1) is 16.3. The lowest BCUT2D eigenvalue weighted by Gasteiger charge is -2.12. The van der Waals surface area contributed by atoms with E-state index in [1.165, 1.54) is 19.6 Å². The third-order valence-electron chi connectivity index (χ3n) is 4.54. The van der Waals surface area contributed by atoms with Gasteiger partial charge in [0.15, 0.2) is 10.1 Å². The van der Waals surface area contributed by atoms with Crippen LogP contribution in [0.5, 0.6) is 0 Å². The molecule has 0 aliphatic heterocycles. The van der Waals surface area contributed by atoms with Gasteiger partial charge in [0, 0.05) is 19.5 Å². The zero-order chi connectivity index (χ0) is 24.6. The molecule has 0 radical (unpaired) electrons. The summed E-state index contributed by atoms with van der Waals surface area (Å²) in [5.41, 5.74) is 1.85. The lowest BCUT2D eigenvalue weighted by Crippen LogP contribution is -2.19. The van der Waals surface area contributed by atoms with Crippen molar-refractivity contribution in [3.63, 3.8) is 0 Å². The second-order valence-electron chi connectivity index (χ2n) is 7.06. The molecule has 2 atom stereocenters. The van der Waals surface area contributed by atoms with E-state index in [-0.39, 0.29) is 5.78 Å². The predicted molar refractivity (Wildman–Crippen MR) is 145 cm³/mol. The predicted octanol–water partition coefficient (Wildman–Crippen LogP) is 5.71. The lowest BCUT2D eigenvalue weighted by atomic mass is 10.2. The van der Waals surface area contributed by atoms with E-state index in [4.69, 9.17) is 23.2 Å². The highest BCUT2D eigenvalue weighted by molar-refractivity contribution is 9.10. The summed E-state index contributed by atoms with van der Waals surface area (Å²) in [6.45, 7) is 2.68. The number of carbonyl (C=O) groups is 2. The highest BCUT2D eigenvalue weighted by Gasteiger charge is 2.21. The van der Waals surface area contributed by atoms with Crippen molar-refractivity contribution < 1.29 is 9.59 Å². The smallest absolute Gasteiger partial charge is 0.156 e. The third kappa shape index (κ3) is 7.54. The molecule has 0 aromatic carbocycles. The van der Waals surface area contributed by atoms with E-state index in [1.807, 2.05) is 22.9 Å². The highest BCUT2D eigenvalue weighted by atomic mass is 79.9. The zero-order valence-corrected chi connectivity index (χ0v) is 22.7. The SMILES string of the molecule is CC(=O)C(Cl)CCNc1ncnc2ccsc12.O=CC(Cl)(Br)CCNc1ncnc2ccsc12. The number of thiophene rings is 2. The number of ketones is 1. The van der Waals surface area contributed by atoms with E-state index in [9.17, 15) is 9.59 Å². The first kappa shape index (κ1) is 26.7. The van der Waals surface area contributed by atoms with Crippen LogP contribution >= 0.6 is 61.8 Å². The topological polar surface area (TPSA) is 110 Å².